The molecule has 0 aromatic heterocycles. The van der Waals surface area contributed by atoms with Crippen LogP contribution in [0.15, 0.2) is 0 Å². The van der Waals surface area contributed by atoms with Gasteiger partial charge in [-0.2, -0.15) is 0 Å². The molecular weight excluding hydrogens is 172 g/mol. The maximum atomic E-state index is 9.85. The van der Waals surface area contributed by atoms with Crippen molar-refractivity contribution in [2.45, 2.75) is 13.8 Å². The Morgan fingerprint density at radius 3 is 1.17 bits per heavy atom. The summed E-state index contributed by atoms with van der Waals surface area (Å²) in [5.41, 5.74) is 0. The third-order valence-electron chi connectivity index (χ3n) is 0.276. The summed E-state index contributed by atoms with van der Waals surface area (Å²) in [6, 6.07) is 0. The first kappa shape index (κ1) is 12.8. The minimum atomic E-state index is -1.83. The molecule has 0 amide bonds. The molecule has 0 spiro atoms. The fourth-order valence-electron chi connectivity index (χ4n) is 0.117. The van der Waals surface area contributed by atoms with E-state index in [1.807, 2.05) is 0 Å². The van der Waals surface area contributed by atoms with Crippen molar-refractivity contribution in [2.75, 3.05) is 0 Å². The van der Waals surface area contributed by atoms with Gasteiger partial charge in [0.1, 0.15) is 0 Å². The van der Waals surface area contributed by atoms with Gasteiger partial charge in [-0.05, 0) is 0 Å². The first-order valence-electron chi connectivity index (χ1n) is 2.63. The molecule has 0 fully saturated rings. The average Bonchev–Trinajstić information content (AvgIpc) is 1.82. The van der Waals surface area contributed by atoms with Gasteiger partial charge in [-0.3, -0.25) is 0 Å². The zero-order valence-corrected chi connectivity index (χ0v) is 6.44. The van der Waals surface area contributed by atoms with Gasteiger partial charge in [0.05, 0.1) is 0 Å². The molecule has 0 radical (unpaired) electrons. The summed E-state index contributed by atoms with van der Waals surface area (Å²) in [6.45, 7) is 2.28. The normalized spacial score (nSPS) is 7.17. The highest BCUT2D eigenvalue weighted by atomic mass is 17.2. The van der Waals surface area contributed by atoms with Crippen LogP contribution in [-0.2, 0) is 19.4 Å². The van der Waals surface area contributed by atoms with E-state index in [1.165, 1.54) is 0 Å². The van der Waals surface area contributed by atoms with E-state index in [-0.39, 0.29) is 0 Å². The van der Waals surface area contributed by atoms with Crippen molar-refractivity contribution >= 4 is 18.1 Å². The predicted octanol–water partition coefficient (Wildman–Crippen LogP) is 0.250. The largest absolute Gasteiger partial charge is 0.503 e. The Kier molecular flexibility index (Phi) is 7.84. The van der Waals surface area contributed by atoms with E-state index in [1.54, 1.807) is 0 Å². The number of carbonyl (C=O) groups excluding carboxylic acids is 2. The maximum Gasteiger partial charge on any atom is 0.503 e. The van der Waals surface area contributed by atoms with Crippen LogP contribution >= 0.6 is 0 Å². The third-order valence-corrected chi connectivity index (χ3v) is 0.276. The van der Waals surface area contributed by atoms with Gasteiger partial charge in [-0.15, -0.1) is 0 Å². The molecule has 0 rings (SSSR count). The summed E-state index contributed by atoms with van der Waals surface area (Å²) in [5.74, 6) is -1.28. The molecule has 0 saturated carbocycles. The van der Waals surface area contributed by atoms with Crippen LogP contribution in [0.5, 0.6) is 0 Å². The van der Waals surface area contributed by atoms with E-state index >= 15 is 0 Å². The van der Waals surface area contributed by atoms with Gasteiger partial charge in [0.15, 0.2) is 0 Å². The quantitative estimate of drug-likeness (QED) is 0.406. The second kappa shape index (κ2) is 7.32. The van der Waals surface area contributed by atoms with E-state index in [0.717, 1.165) is 13.8 Å². The molecule has 0 atom stereocenters. The maximum absolute atomic E-state index is 9.85. The molecule has 0 aliphatic rings. The Labute approximate surface area is 67.4 Å². The first-order valence-corrected chi connectivity index (χ1v) is 2.63. The van der Waals surface area contributed by atoms with Gasteiger partial charge in [0.2, 0.25) is 0 Å². The highest BCUT2D eigenvalue weighted by Gasteiger charge is 1.95. The summed E-state index contributed by atoms with van der Waals surface area (Å²) < 4.78 is 0. The third kappa shape index (κ3) is 41.4. The van der Waals surface area contributed by atoms with Crippen LogP contribution in [0.4, 0.5) is 4.79 Å². The lowest BCUT2D eigenvalue weighted by Crippen LogP contribution is -2.03. The van der Waals surface area contributed by atoms with Gasteiger partial charge in [0.25, 0.3) is 0 Å². The number of carbonyl (C=O) groups is 3. The summed E-state index contributed by atoms with van der Waals surface area (Å²) in [7, 11) is 0. The topological polar surface area (TPSA) is 110 Å². The summed E-state index contributed by atoms with van der Waals surface area (Å²) in [4.78, 5) is 35.9. The average molecular weight is 180 g/mol. The summed E-state index contributed by atoms with van der Waals surface area (Å²) in [5, 5.41) is 13.9. The van der Waals surface area contributed by atoms with Crippen LogP contribution in [0.2, 0.25) is 0 Å². The van der Waals surface area contributed by atoms with Gasteiger partial charge < -0.3 is 10.2 Å². The van der Waals surface area contributed by atoms with Crippen molar-refractivity contribution in [1.82, 2.24) is 0 Å². The Morgan fingerprint density at radius 2 is 1.08 bits per heavy atom. The molecule has 0 aliphatic carbocycles. The Bertz CT molecular complexity index is 155. The lowest BCUT2D eigenvalue weighted by atomic mass is 10.8. The molecule has 0 unspecified atom stereocenters. The monoisotopic (exact) mass is 180 g/mol. The molecular formula is C5H8O7. The fourth-order valence-corrected chi connectivity index (χ4v) is 0.117. The standard InChI is InChI=1S/C4H6O4.CH2O3/c1-3(5)7-8-4(2)6;2-1(3)4/h1-2H3;(H2,2,3,4). The molecule has 12 heavy (non-hydrogen) atoms. The smallest absolute Gasteiger partial charge is 0.450 e. The van der Waals surface area contributed by atoms with E-state index in [4.69, 9.17) is 15.0 Å². The summed E-state index contributed by atoms with van der Waals surface area (Å²) >= 11 is 0. The lowest BCUT2D eigenvalue weighted by Gasteiger charge is -1.93. The minimum absolute atomic E-state index is 0.639. The van der Waals surface area contributed by atoms with Crippen LogP contribution in [0, 0.1) is 0 Å². The Morgan fingerprint density at radius 1 is 0.917 bits per heavy atom. The van der Waals surface area contributed by atoms with Gasteiger partial charge in [0, 0.05) is 13.8 Å². The molecule has 0 heterocycles. The van der Waals surface area contributed by atoms with Gasteiger partial charge >= 0.3 is 18.1 Å². The number of rotatable bonds is 0. The number of carboxylic acid groups (broad SMARTS) is 2. The van der Waals surface area contributed by atoms with E-state index < -0.39 is 18.1 Å². The van der Waals surface area contributed by atoms with Crippen molar-refractivity contribution in [3.05, 3.63) is 0 Å². The fraction of sp³-hybridized carbons (Fsp3) is 0.400. The molecule has 0 saturated heterocycles. The van der Waals surface area contributed by atoms with Crippen molar-refractivity contribution in [3.63, 3.8) is 0 Å². The van der Waals surface area contributed by atoms with Crippen LogP contribution in [0.3, 0.4) is 0 Å². The van der Waals surface area contributed by atoms with Crippen LogP contribution in [0.25, 0.3) is 0 Å². The molecule has 70 valence electrons. The van der Waals surface area contributed by atoms with Gasteiger partial charge in [-0.1, -0.05) is 0 Å². The molecule has 2 N–H and O–H groups in total. The zero-order valence-electron chi connectivity index (χ0n) is 6.44. The molecule has 0 bridgehead atoms. The Hall–Kier alpha value is -1.79. The number of hydrogen-bond acceptors (Lipinski definition) is 5. The molecule has 7 nitrogen and oxygen atoms in total. The summed E-state index contributed by atoms with van der Waals surface area (Å²) in [6.07, 6.45) is -1.83. The van der Waals surface area contributed by atoms with Crippen molar-refractivity contribution < 1.29 is 34.4 Å². The van der Waals surface area contributed by atoms with Crippen molar-refractivity contribution in [2.24, 2.45) is 0 Å². The SMILES string of the molecule is CC(=O)OOC(C)=O.O=C(O)O. The molecule has 0 aromatic rings. The van der Waals surface area contributed by atoms with Crippen molar-refractivity contribution in [3.8, 4) is 0 Å². The van der Waals surface area contributed by atoms with Crippen molar-refractivity contribution in [1.29, 1.82) is 0 Å². The second-order valence-corrected chi connectivity index (χ2v) is 1.43. The lowest BCUT2D eigenvalue weighted by molar-refractivity contribution is -0.255. The number of hydrogen-bond donors (Lipinski definition) is 2. The molecule has 0 aromatic carbocycles. The predicted molar refractivity (Wildman–Crippen MR) is 34.2 cm³/mol. The zero-order chi connectivity index (χ0) is 10.1. The highest BCUT2D eigenvalue weighted by molar-refractivity contribution is 5.69. The molecule has 0 aliphatic heterocycles. The minimum Gasteiger partial charge on any atom is -0.450 e. The Balaban J connectivity index is 0. The van der Waals surface area contributed by atoms with Crippen LogP contribution in [-0.4, -0.2) is 28.3 Å². The molecule has 7 heteroatoms. The first-order chi connectivity index (χ1) is 5.36. The highest BCUT2D eigenvalue weighted by Crippen LogP contribution is 1.78. The second-order valence-electron chi connectivity index (χ2n) is 1.43. The van der Waals surface area contributed by atoms with Crippen LogP contribution < -0.4 is 0 Å². The van der Waals surface area contributed by atoms with Crippen LogP contribution in [0.1, 0.15) is 13.8 Å². The van der Waals surface area contributed by atoms with Gasteiger partial charge in [-0.25, -0.2) is 24.2 Å². The van der Waals surface area contributed by atoms with E-state index in [9.17, 15) is 9.59 Å². The van der Waals surface area contributed by atoms with E-state index in [0.29, 0.717) is 0 Å². The van der Waals surface area contributed by atoms with E-state index in [2.05, 4.69) is 9.78 Å².